The van der Waals surface area contributed by atoms with E-state index in [0.717, 1.165) is 5.56 Å². The number of amides is 2. The molecule has 0 aliphatic heterocycles. The van der Waals surface area contributed by atoms with Gasteiger partial charge in [-0.25, -0.2) is 0 Å². The van der Waals surface area contributed by atoms with E-state index < -0.39 is 6.04 Å². The fourth-order valence-corrected chi connectivity index (χ4v) is 2.55. The molecule has 0 heterocycles. The largest absolute Gasteiger partial charge is 0.484 e. The first-order valence-electron chi connectivity index (χ1n) is 9.01. The molecule has 144 valence electrons. The van der Waals surface area contributed by atoms with Gasteiger partial charge in [-0.15, -0.1) is 0 Å². The molecule has 2 aromatic carbocycles. The van der Waals surface area contributed by atoms with Gasteiger partial charge in [-0.1, -0.05) is 48.5 Å². The number of carbonyl (C=O) groups is 2. The lowest BCUT2D eigenvalue weighted by molar-refractivity contribution is -0.142. The number of nitrogens with one attached hydrogen (secondary N) is 1. The lowest BCUT2D eigenvalue weighted by atomic mass is 10.1. The Hall–Kier alpha value is -2.86. The number of carbonyl (C=O) groups excluding carboxylic acids is 2. The van der Waals surface area contributed by atoms with E-state index in [1.165, 1.54) is 4.90 Å². The van der Waals surface area contributed by atoms with Crippen LogP contribution in [0, 0.1) is 0 Å². The van der Waals surface area contributed by atoms with Crippen molar-refractivity contribution >= 4 is 11.8 Å². The Morgan fingerprint density at radius 2 is 1.70 bits per heavy atom. The van der Waals surface area contributed by atoms with Crippen molar-refractivity contribution in [3.8, 4) is 5.75 Å². The summed E-state index contributed by atoms with van der Waals surface area (Å²) in [7, 11) is 0. The summed E-state index contributed by atoms with van der Waals surface area (Å²) in [5.74, 6) is 0.0746. The number of rotatable bonds is 10. The molecule has 2 amide bonds. The molecule has 0 saturated carbocycles. The Morgan fingerprint density at radius 1 is 1.07 bits per heavy atom. The molecule has 0 radical (unpaired) electrons. The van der Waals surface area contributed by atoms with Gasteiger partial charge in [0.15, 0.2) is 6.61 Å². The summed E-state index contributed by atoms with van der Waals surface area (Å²) in [4.78, 5) is 26.7. The normalized spacial score (nSPS) is 11.5. The highest BCUT2D eigenvalue weighted by molar-refractivity contribution is 5.87. The first kappa shape index (κ1) is 20.5. The smallest absolute Gasteiger partial charge is 0.261 e. The van der Waals surface area contributed by atoms with Crippen molar-refractivity contribution in [3.05, 3.63) is 66.2 Å². The van der Waals surface area contributed by atoms with E-state index in [1.54, 1.807) is 19.1 Å². The lowest BCUT2D eigenvalue weighted by Gasteiger charge is -2.28. The molecule has 0 spiro atoms. The minimum absolute atomic E-state index is 0.00619. The van der Waals surface area contributed by atoms with Gasteiger partial charge in [0, 0.05) is 19.7 Å². The van der Waals surface area contributed by atoms with E-state index in [2.05, 4.69) is 5.32 Å². The average molecular weight is 370 g/mol. The minimum atomic E-state index is -0.657. The highest BCUT2D eigenvalue weighted by Crippen LogP contribution is 2.12. The number of para-hydroxylation sites is 1. The van der Waals surface area contributed by atoms with Crippen molar-refractivity contribution in [2.45, 2.75) is 25.9 Å². The maximum atomic E-state index is 12.8. The summed E-state index contributed by atoms with van der Waals surface area (Å²) in [6.45, 7) is 2.23. The number of ether oxygens (including phenoxy) is 1. The lowest BCUT2D eigenvalue weighted by Crippen LogP contribution is -2.49. The molecule has 6 heteroatoms. The zero-order valence-electron chi connectivity index (χ0n) is 15.5. The van der Waals surface area contributed by atoms with Crippen LogP contribution in [0.2, 0.25) is 0 Å². The van der Waals surface area contributed by atoms with Gasteiger partial charge in [-0.2, -0.15) is 0 Å². The van der Waals surface area contributed by atoms with Gasteiger partial charge in [-0.05, 0) is 31.0 Å². The van der Waals surface area contributed by atoms with Crippen molar-refractivity contribution in [2.75, 3.05) is 19.8 Å². The standard InChI is InChI=1S/C21H26N2O4/c1-17(21(26)22-13-8-14-24)23(15-18-9-4-2-5-10-18)20(25)16-27-19-11-6-3-7-12-19/h2-7,9-12,17,24H,8,13-16H2,1H3,(H,22,26). The molecule has 0 aliphatic carbocycles. The number of benzene rings is 2. The fraction of sp³-hybridized carbons (Fsp3) is 0.333. The fourth-order valence-electron chi connectivity index (χ4n) is 2.55. The second kappa shape index (κ2) is 11.0. The third-order valence-electron chi connectivity index (χ3n) is 4.10. The van der Waals surface area contributed by atoms with Crippen molar-refractivity contribution in [1.29, 1.82) is 0 Å². The Morgan fingerprint density at radius 3 is 2.33 bits per heavy atom. The summed E-state index contributed by atoms with van der Waals surface area (Å²) in [6.07, 6.45) is 0.474. The quantitative estimate of drug-likeness (QED) is 0.627. The Kier molecular flexibility index (Phi) is 8.32. The molecular weight excluding hydrogens is 344 g/mol. The topological polar surface area (TPSA) is 78.9 Å². The van der Waals surface area contributed by atoms with Crippen molar-refractivity contribution in [3.63, 3.8) is 0 Å². The maximum Gasteiger partial charge on any atom is 0.261 e. The molecule has 1 atom stereocenters. The van der Waals surface area contributed by atoms with Gasteiger partial charge in [0.05, 0.1) is 0 Å². The molecule has 2 N–H and O–H groups in total. The Bertz CT molecular complexity index is 707. The molecule has 6 nitrogen and oxygen atoms in total. The average Bonchev–Trinajstić information content (AvgIpc) is 2.71. The molecule has 0 fully saturated rings. The van der Waals surface area contributed by atoms with E-state index in [1.807, 2.05) is 48.5 Å². The molecule has 0 bridgehead atoms. The van der Waals surface area contributed by atoms with Crippen LogP contribution in [0.5, 0.6) is 5.75 Å². The number of aliphatic hydroxyl groups excluding tert-OH is 1. The predicted molar refractivity (Wildman–Crippen MR) is 103 cm³/mol. The second-order valence-corrected chi connectivity index (χ2v) is 6.15. The molecule has 2 rings (SSSR count). The van der Waals surface area contributed by atoms with Crippen molar-refractivity contribution in [2.24, 2.45) is 0 Å². The highest BCUT2D eigenvalue weighted by atomic mass is 16.5. The number of hydrogen-bond donors (Lipinski definition) is 2. The van der Waals surface area contributed by atoms with Gasteiger partial charge in [0.2, 0.25) is 5.91 Å². The van der Waals surface area contributed by atoms with Gasteiger partial charge < -0.3 is 20.1 Å². The van der Waals surface area contributed by atoms with Crippen LogP contribution in [-0.2, 0) is 16.1 Å². The van der Waals surface area contributed by atoms with Crippen molar-refractivity contribution in [1.82, 2.24) is 10.2 Å². The molecule has 27 heavy (non-hydrogen) atoms. The summed E-state index contributed by atoms with van der Waals surface area (Å²) < 4.78 is 5.56. The molecule has 0 aromatic heterocycles. The number of hydrogen-bond acceptors (Lipinski definition) is 4. The predicted octanol–water partition coefficient (Wildman–Crippen LogP) is 1.98. The van der Waals surface area contributed by atoms with E-state index in [4.69, 9.17) is 9.84 Å². The zero-order valence-corrected chi connectivity index (χ0v) is 15.5. The van der Waals surface area contributed by atoms with Gasteiger partial charge in [0.1, 0.15) is 11.8 Å². The summed E-state index contributed by atoms with van der Waals surface area (Å²) in [5, 5.41) is 11.6. The number of nitrogens with zero attached hydrogens (tertiary/aromatic N) is 1. The molecule has 0 aliphatic rings. The van der Waals surface area contributed by atoms with Crippen LogP contribution >= 0.6 is 0 Å². The highest BCUT2D eigenvalue weighted by Gasteiger charge is 2.26. The first-order valence-corrected chi connectivity index (χ1v) is 9.01. The maximum absolute atomic E-state index is 12.8. The van der Waals surface area contributed by atoms with E-state index in [-0.39, 0.29) is 25.0 Å². The van der Waals surface area contributed by atoms with Gasteiger partial charge in [0.25, 0.3) is 5.91 Å². The molecule has 2 aromatic rings. The monoisotopic (exact) mass is 370 g/mol. The van der Waals surface area contributed by atoms with E-state index in [0.29, 0.717) is 25.3 Å². The van der Waals surface area contributed by atoms with E-state index >= 15 is 0 Å². The third-order valence-corrected chi connectivity index (χ3v) is 4.10. The molecule has 0 saturated heterocycles. The minimum Gasteiger partial charge on any atom is -0.484 e. The third kappa shape index (κ3) is 6.75. The zero-order chi connectivity index (χ0) is 19.5. The number of aliphatic hydroxyl groups is 1. The van der Waals surface area contributed by atoms with Crippen LogP contribution in [0.4, 0.5) is 0 Å². The summed E-state index contributed by atoms with van der Waals surface area (Å²) in [6, 6.07) is 17.9. The Labute approximate surface area is 159 Å². The summed E-state index contributed by atoms with van der Waals surface area (Å²) in [5.41, 5.74) is 0.931. The van der Waals surface area contributed by atoms with Crippen molar-refractivity contribution < 1.29 is 19.4 Å². The van der Waals surface area contributed by atoms with E-state index in [9.17, 15) is 9.59 Å². The van der Waals surface area contributed by atoms with Crippen LogP contribution in [0.1, 0.15) is 18.9 Å². The van der Waals surface area contributed by atoms with Crippen LogP contribution < -0.4 is 10.1 Å². The summed E-state index contributed by atoms with van der Waals surface area (Å²) >= 11 is 0. The van der Waals surface area contributed by atoms with Gasteiger partial charge in [-0.3, -0.25) is 9.59 Å². The molecule has 1 unspecified atom stereocenters. The molecular formula is C21H26N2O4. The SMILES string of the molecule is CC(C(=O)NCCCO)N(Cc1ccccc1)C(=O)COc1ccccc1. The van der Waals surface area contributed by atoms with Crippen LogP contribution in [0.15, 0.2) is 60.7 Å². The Balaban J connectivity index is 2.05. The van der Waals surface area contributed by atoms with Crippen LogP contribution in [0.25, 0.3) is 0 Å². The van der Waals surface area contributed by atoms with Crippen LogP contribution in [0.3, 0.4) is 0 Å². The first-order chi connectivity index (χ1) is 13.1. The second-order valence-electron chi connectivity index (χ2n) is 6.15. The van der Waals surface area contributed by atoms with Crippen LogP contribution in [-0.4, -0.2) is 47.6 Å². The van der Waals surface area contributed by atoms with Gasteiger partial charge >= 0.3 is 0 Å².